The second-order valence-electron chi connectivity index (χ2n) is 3.05. The molecule has 0 atom stereocenters. The van der Waals surface area contributed by atoms with Gasteiger partial charge in [-0.2, -0.15) is 0 Å². The van der Waals surface area contributed by atoms with E-state index in [1.165, 1.54) is 28.5 Å². The molecular formula is C10H13ClMg. The lowest BCUT2D eigenvalue weighted by Crippen LogP contribution is -2.07. The van der Waals surface area contributed by atoms with Crippen molar-refractivity contribution in [3.63, 3.8) is 0 Å². The Balaban J connectivity index is 2.53. The van der Waals surface area contributed by atoms with Gasteiger partial charge in [0.25, 0.3) is 0 Å². The van der Waals surface area contributed by atoms with Crippen molar-refractivity contribution in [1.82, 2.24) is 0 Å². The van der Waals surface area contributed by atoms with Crippen molar-refractivity contribution >= 4 is 32.0 Å². The SMILES string of the molecule is CCCCc1cc[c]([Mg][Cl])cc1. The van der Waals surface area contributed by atoms with Crippen LogP contribution in [0.5, 0.6) is 0 Å². The smallest absolute Gasteiger partial charge is 0.336 e. The lowest BCUT2D eigenvalue weighted by Gasteiger charge is -2.00. The third kappa shape index (κ3) is 3.34. The van der Waals surface area contributed by atoms with Crippen LogP contribution < -0.4 is 3.69 Å². The molecule has 0 heterocycles. The summed E-state index contributed by atoms with van der Waals surface area (Å²) >= 11 is -0.472. The fourth-order valence-corrected chi connectivity index (χ4v) is 2.12. The van der Waals surface area contributed by atoms with Crippen LogP contribution in [0.2, 0.25) is 0 Å². The summed E-state index contributed by atoms with van der Waals surface area (Å²) in [5, 5.41) is 0. The first kappa shape index (κ1) is 10.4. The largest absolute Gasteiger partial charge is 0.538 e. The number of unbranched alkanes of at least 4 members (excludes halogenated alkanes) is 1. The number of hydrogen-bond acceptors (Lipinski definition) is 0. The minimum absolute atomic E-state index is 0.472. The monoisotopic (exact) mass is 192 g/mol. The third-order valence-corrected chi connectivity index (χ3v) is 3.70. The van der Waals surface area contributed by atoms with Crippen molar-refractivity contribution in [3.8, 4) is 0 Å². The van der Waals surface area contributed by atoms with Crippen molar-refractivity contribution in [2.24, 2.45) is 0 Å². The highest BCUT2D eigenvalue weighted by Gasteiger charge is 1.95. The van der Waals surface area contributed by atoms with Crippen LogP contribution in [-0.2, 0) is 6.42 Å². The first-order valence-corrected chi connectivity index (χ1v) is 7.35. The van der Waals surface area contributed by atoms with Gasteiger partial charge in [-0.1, -0.05) is 37.6 Å². The number of halogens is 1. The molecular weight excluding hydrogens is 180 g/mol. The molecule has 1 rings (SSSR count). The molecule has 2 heteroatoms. The summed E-state index contributed by atoms with van der Waals surface area (Å²) in [6, 6.07) is 8.76. The van der Waals surface area contributed by atoms with Crippen LogP contribution in [-0.4, -0.2) is 19.3 Å². The first-order chi connectivity index (χ1) is 5.86. The van der Waals surface area contributed by atoms with Gasteiger partial charge >= 0.3 is 19.3 Å². The van der Waals surface area contributed by atoms with E-state index in [-0.39, 0.29) is 0 Å². The molecule has 0 spiro atoms. The van der Waals surface area contributed by atoms with Crippen molar-refractivity contribution < 1.29 is 0 Å². The third-order valence-electron chi connectivity index (χ3n) is 2.00. The normalized spacial score (nSPS) is 9.50. The zero-order valence-corrected chi connectivity index (χ0v) is 9.69. The van der Waals surface area contributed by atoms with Crippen LogP contribution in [0, 0.1) is 0 Å². The van der Waals surface area contributed by atoms with Gasteiger partial charge in [0, 0.05) is 0 Å². The average molecular weight is 193 g/mol. The molecule has 0 aliphatic carbocycles. The van der Waals surface area contributed by atoms with Crippen LogP contribution in [0.4, 0.5) is 0 Å². The fourth-order valence-electron chi connectivity index (χ4n) is 1.18. The van der Waals surface area contributed by atoms with Gasteiger partial charge < -0.3 is 9.07 Å². The summed E-state index contributed by atoms with van der Waals surface area (Å²) in [6.07, 6.45) is 3.77. The number of hydrogen-bond donors (Lipinski definition) is 0. The highest BCUT2D eigenvalue weighted by atomic mass is 35.5. The van der Waals surface area contributed by atoms with Gasteiger partial charge in [0.05, 0.1) is 0 Å². The lowest BCUT2D eigenvalue weighted by atomic mass is 10.1. The standard InChI is InChI=1S/C10H13.ClH.Mg/c1-2-3-7-10-8-5-4-6-9-10;;/h5-6,8-9H,2-3,7H2,1H3;1H;/q;;+1/p-1. The summed E-state index contributed by atoms with van der Waals surface area (Å²) < 4.78 is 1.34. The molecule has 0 aliphatic rings. The Morgan fingerprint density at radius 2 is 1.92 bits per heavy atom. The Morgan fingerprint density at radius 3 is 2.42 bits per heavy atom. The molecule has 12 heavy (non-hydrogen) atoms. The van der Waals surface area contributed by atoms with Crippen LogP contribution >= 0.6 is 9.07 Å². The highest BCUT2D eigenvalue weighted by molar-refractivity contribution is 7.01. The van der Waals surface area contributed by atoms with E-state index in [1.807, 2.05) is 0 Å². The molecule has 0 bridgehead atoms. The summed E-state index contributed by atoms with van der Waals surface area (Å²) in [6.45, 7) is 2.22. The van der Waals surface area contributed by atoms with Crippen LogP contribution in [0.15, 0.2) is 24.3 Å². The molecule has 62 valence electrons. The number of rotatable bonds is 4. The molecule has 0 amide bonds. The van der Waals surface area contributed by atoms with E-state index in [0.29, 0.717) is 0 Å². The van der Waals surface area contributed by atoms with Gasteiger partial charge in [-0.3, -0.25) is 0 Å². The van der Waals surface area contributed by atoms with Gasteiger partial charge in [0.1, 0.15) is 0 Å². The maximum absolute atomic E-state index is 5.82. The molecule has 1 aromatic rings. The second-order valence-corrected chi connectivity index (χ2v) is 4.94. The topological polar surface area (TPSA) is 0 Å². The van der Waals surface area contributed by atoms with Gasteiger partial charge in [-0.15, -0.1) is 3.69 Å². The Kier molecular flexibility index (Phi) is 5.04. The van der Waals surface area contributed by atoms with Crippen molar-refractivity contribution in [2.75, 3.05) is 0 Å². The number of benzene rings is 1. The molecule has 0 fully saturated rings. The van der Waals surface area contributed by atoms with Crippen molar-refractivity contribution in [2.45, 2.75) is 26.2 Å². The Labute approximate surface area is 87.8 Å². The van der Waals surface area contributed by atoms with E-state index < -0.39 is 19.3 Å². The van der Waals surface area contributed by atoms with Crippen LogP contribution in [0.25, 0.3) is 0 Å². The van der Waals surface area contributed by atoms with E-state index in [0.717, 1.165) is 0 Å². The summed E-state index contributed by atoms with van der Waals surface area (Å²) in [5.41, 5.74) is 1.44. The quantitative estimate of drug-likeness (QED) is 0.644. The van der Waals surface area contributed by atoms with E-state index in [4.69, 9.17) is 9.07 Å². The molecule has 0 aliphatic heterocycles. The Bertz CT molecular complexity index is 218. The zero-order valence-electron chi connectivity index (χ0n) is 7.52. The molecule has 0 aromatic heterocycles. The van der Waals surface area contributed by atoms with Gasteiger partial charge in [-0.05, 0) is 18.4 Å². The molecule has 0 saturated heterocycles. The van der Waals surface area contributed by atoms with Crippen LogP contribution in [0.1, 0.15) is 25.3 Å². The zero-order chi connectivity index (χ0) is 8.81. The molecule has 0 saturated carbocycles. The molecule has 0 nitrogen and oxygen atoms in total. The summed E-state index contributed by atoms with van der Waals surface area (Å²) in [7, 11) is 5.82. The predicted molar refractivity (Wildman–Crippen MR) is 56.3 cm³/mol. The van der Waals surface area contributed by atoms with Gasteiger partial charge in [0.2, 0.25) is 0 Å². The fraction of sp³-hybridized carbons (Fsp3) is 0.400. The Hall–Kier alpha value is 0.276. The molecule has 1 aromatic carbocycles. The Morgan fingerprint density at radius 1 is 1.25 bits per heavy atom. The second kappa shape index (κ2) is 5.84. The van der Waals surface area contributed by atoms with E-state index in [9.17, 15) is 0 Å². The van der Waals surface area contributed by atoms with Crippen LogP contribution in [0.3, 0.4) is 0 Å². The lowest BCUT2D eigenvalue weighted by molar-refractivity contribution is 0.795. The summed E-state index contributed by atoms with van der Waals surface area (Å²) in [4.78, 5) is 0. The highest BCUT2D eigenvalue weighted by Crippen LogP contribution is 2.02. The van der Waals surface area contributed by atoms with Gasteiger partial charge in [-0.25, -0.2) is 0 Å². The maximum atomic E-state index is 5.82. The minimum Gasteiger partial charge on any atom is -0.336 e. The summed E-state index contributed by atoms with van der Waals surface area (Å²) in [5.74, 6) is 0. The van der Waals surface area contributed by atoms with Gasteiger partial charge in [0.15, 0.2) is 0 Å². The maximum Gasteiger partial charge on any atom is 0.538 e. The van der Waals surface area contributed by atoms with Crippen molar-refractivity contribution in [1.29, 1.82) is 0 Å². The first-order valence-electron chi connectivity index (χ1n) is 4.50. The van der Waals surface area contributed by atoms with E-state index in [2.05, 4.69) is 31.2 Å². The minimum atomic E-state index is -0.472. The number of aryl methyl sites for hydroxylation is 1. The molecule has 0 radical (unpaired) electrons. The average Bonchev–Trinajstić information content (AvgIpc) is 2.15. The van der Waals surface area contributed by atoms with Crippen molar-refractivity contribution in [3.05, 3.63) is 29.8 Å². The predicted octanol–water partition coefficient (Wildman–Crippen LogP) is 2.51. The molecule has 0 N–H and O–H groups in total. The van der Waals surface area contributed by atoms with E-state index >= 15 is 0 Å². The molecule has 0 unspecified atom stereocenters. The van der Waals surface area contributed by atoms with E-state index in [1.54, 1.807) is 0 Å².